The minimum absolute atomic E-state index is 0.0391. The Kier molecular flexibility index (Phi) is 4.35. The van der Waals surface area contributed by atoms with Crippen LogP contribution in [0.25, 0.3) is 10.9 Å². The van der Waals surface area contributed by atoms with Crippen LogP contribution in [0.15, 0.2) is 46.9 Å². The van der Waals surface area contributed by atoms with E-state index in [0.29, 0.717) is 15.7 Å². The highest BCUT2D eigenvalue weighted by molar-refractivity contribution is 9.10. The molecule has 3 aromatic rings. The Morgan fingerprint density at radius 3 is 2.77 bits per heavy atom. The lowest BCUT2D eigenvalue weighted by molar-refractivity contribution is 0.0564. The zero-order chi connectivity index (χ0) is 18.4. The number of H-pyrrole nitrogens is 1. The van der Waals surface area contributed by atoms with Crippen molar-refractivity contribution in [1.82, 2.24) is 9.88 Å². The highest BCUT2D eigenvalue weighted by Gasteiger charge is 2.36. The summed E-state index contributed by atoms with van der Waals surface area (Å²) in [5, 5.41) is 1.11. The van der Waals surface area contributed by atoms with E-state index in [0.717, 1.165) is 22.9 Å². The van der Waals surface area contributed by atoms with Gasteiger partial charge in [0.1, 0.15) is 11.5 Å². The first-order valence-electron chi connectivity index (χ1n) is 8.80. The maximum atomic E-state index is 14.3. The quantitative estimate of drug-likeness (QED) is 0.620. The zero-order valence-electron chi connectivity index (χ0n) is 14.7. The number of aromatic amines is 1. The predicted octanol–water partition coefficient (Wildman–Crippen LogP) is 5.29. The Labute approximate surface area is 160 Å². The number of nitrogens with one attached hydrogen (secondary N) is 1. The molecule has 1 amide bonds. The van der Waals surface area contributed by atoms with E-state index in [4.69, 9.17) is 0 Å². The van der Waals surface area contributed by atoms with Gasteiger partial charge in [0.2, 0.25) is 0 Å². The summed E-state index contributed by atoms with van der Waals surface area (Å²) in [4.78, 5) is 18.3. The number of carbonyl (C=O) groups is 1. The van der Waals surface area contributed by atoms with Crippen LogP contribution in [0.3, 0.4) is 0 Å². The second-order valence-corrected chi connectivity index (χ2v) is 8.12. The van der Waals surface area contributed by atoms with Crippen molar-refractivity contribution in [2.75, 3.05) is 0 Å². The van der Waals surface area contributed by atoms with Crippen molar-refractivity contribution in [2.45, 2.75) is 32.9 Å². The van der Waals surface area contributed by atoms with Gasteiger partial charge in [0.25, 0.3) is 5.91 Å². The van der Waals surface area contributed by atoms with Crippen LogP contribution in [-0.2, 0) is 13.0 Å². The average Bonchev–Trinajstić information content (AvgIpc) is 2.98. The van der Waals surface area contributed by atoms with Crippen LogP contribution in [0.5, 0.6) is 0 Å². The smallest absolute Gasteiger partial charge is 0.271 e. The molecule has 26 heavy (non-hydrogen) atoms. The number of benzene rings is 2. The van der Waals surface area contributed by atoms with Crippen LogP contribution in [0.4, 0.5) is 4.39 Å². The van der Waals surface area contributed by atoms with Crippen molar-refractivity contribution in [1.29, 1.82) is 0 Å². The van der Waals surface area contributed by atoms with E-state index >= 15 is 0 Å². The Morgan fingerprint density at radius 2 is 2.04 bits per heavy atom. The van der Waals surface area contributed by atoms with Gasteiger partial charge in [-0.15, -0.1) is 0 Å². The van der Waals surface area contributed by atoms with Crippen LogP contribution >= 0.6 is 15.9 Å². The van der Waals surface area contributed by atoms with E-state index in [1.807, 2.05) is 29.2 Å². The van der Waals surface area contributed by atoms with Gasteiger partial charge >= 0.3 is 0 Å². The van der Waals surface area contributed by atoms with E-state index in [9.17, 15) is 9.18 Å². The summed E-state index contributed by atoms with van der Waals surface area (Å²) >= 11 is 3.28. The first kappa shape index (κ1) is 17.3. The fraction of sp³-hybridized carbons (Fsp3) is 0.286. The van der Waals surface area contributed by atoms with Gasteiger partial charge in [0.05, 0.1) is 0 Å². The summed E-state index contributed by atoms with van der Waals surface area (Å²) < 4.78 is 15.0. The largest absolute Gasteiger partial charge is 0.350 e. The number of nitrogens with zero attached hydrogens (tertiary/aromatic N) is 1. The minimum atomic E-state index is -0.294. The number of hydrogen-bond acceptors (Lipinski definition) is 1. The molecule has 134 valence electrons. The monoisotopic (exact) mass is 414 g/mol. The highest BCUT2D eigenvalue weighted by atomic mass is 79.9. The number of para-hydroxylation sites is 1. The first-order chi connectivity index (χ1) is 12.5. The van der Waals surface area contributed by atoms with Gasteiger partial charge in [-0.25, -0.2) is 4.39 Å². The Morgan fingerprint density at radius 1 is 1.27 bits per heavy atom. The maximum absolute atomic E-state index is 14.3. The van der Waals surface area contributed by atoms with Crippen LogP contribution in [-0.4, -0.2) is 21.8 Å². The normalized spacial score (nSPS) is 17.2. The summed E-state index contributed by atoms with van der Waals surface area (Å²) in [5.74, 6) is -0.0696. The van der Waals surface area contributed by atoms with E-state index in [2.05, 4.69) is 40.8 Å². The second kappa shape index (κ2) is 6.54. The molecule has 0 saturated carbocycles. The number of aromatic nitrogens is 1. The molecule has 3 nitrogen and oxygen atoms in total. The fourth-order valence-corrected chi connectivity index (χ4v) is 4.16. The molecule has 0 fully saturated rings. The van der Waals surface area contributed by atoms with Gasteiger partial charge < -0.3 is 9.88 Å². The third-order valence-electron chi connectivity index (χ3n) is 5.23. The Balaban J connectivity index is 1.77. The van der Waals surface area contributed by atoms with Crippen molar-refractivity contribution in [2.24, 2.45) is 5.92 Å². The molecule has 0 spiro atoms. The van der Waals surface area contributed by atoms with E-state index in [1.54, 1.807) is 6.07 Å². The molecule has 0 saturated heterocycles. The molecule has 0 aliphatic carbocycles. The molecule has 2 aromatic carbocycles. The predicted molar refractivity (Wildman–Crippen MR) is 105 cm³/mol. The lowest BCUT2D eigenvalue weighted by Crippen LogP contribution is -2.47. The number of rotatable bonds is 3. The zero-order valence-corrected chi connectivity index (χ0v) is 16.3. The molecule has 1 aromatic heterocycles. The number of amides is 1. The molecule has 2 heterocycles. The lowest BCUT2D eigenvalue weighted by atomic mass is 9.89. The van der Waals surface area contributed by atoms with Gasteiger partial charge in [0, 0.05) is 33.5 Å². The first-order valence-corrected chi connectivity index (χ1v) is 9.59. The van der Waals surface area contributed by atoms with Crippen molar-refractivity contribution >= 4 is 32.7 Å². The molecule has 1 atom stereocenters. The SMILES string of the molecule is CC(C)C1Cc2c([nH]c3ccccc23)C(=O)N1Cc1ccc(Br)cc1F. The van der Waals surface area contributed by atoms with Crippen molar-refractivity contribution in [3.8, 4) is 0 Å². The van der Waals surface area contributed by atoms with Crippen molar-refractivity contribution in [3.63, 3.8) is 0 Å². The van der Waals surface area contributed by atoms with Gasteiger partial charge in [0.15, 0.2) is 0 Å². The molecule has 1 aliphatic heterocycles. The topological polar surface area (TPSA) is 36.1 Å². The van der Waals surface area contributed by atoms with Gasteiger partial charge in [-0.05, 0) is 36.1 Å². The number of fused-ring (bicyclic) bond motifs is 3. The van der Waals surface area contributed by atoms with Crippen molar-refractivity contribution < 1.29 is 9.18 Å². The molecule has 1 unspecified atom stereocenters. The third-order valence-corrected chi connectivity index (χ3v) is 5.72. The number of halogens is 2. The summed E-state index contributed by atoms with van der Waals surface area (Å²) in [5.41, 5.74) is 3.23. The average molecular weight is 415 g/mol. The number of hydrogen-bond donors (Lipinski definition) is 1. The minimum Gasteiger partial charge on any atom is -0.350 e. The summed E-state index contributed by atoms with van der Waals surface area (Å²) in [6.07, 6.45) is 0.779. The number of carbonyl (C=O) groups excluding carboxylic acids is 1. The molecule has 0 bridgehead atoms. The van der Waals surface area contributed by atoms with E-state index in [1.165, 1.54) is 6.07 Å². The molecule has 1 aliphatic rings. The Bertz CT molecular complexity index is 995. The molecule has 1 N–H and O–H groups in total. The van der Waals surface area contributed by atoms with Crippen molar-refractivity contribution in [3.05, 3.63) is 69.6 Å². The van der Waals surface area contributed by atoms with Gasteiger partial charge in [-0.2, -0.15) is 0 Å². The summed E-state index contributed by atoms with van der Waals surface area (Å²) in [6.45, 7) is 4.50. The van der Waals surface area contributed by atoms with Crippen LogP contribution in [0, 0.1) is 11.7 Å². The van der Waals surface area contributed by atoms with Gasteiger partial charge in [-0.1, -0.05) is 54.0 Å². The third kappa shape index (κ3) is 2.84. The summed E-state index contributed by atoms with van der Waals surface area (Å²) in [6, 6.07) is 13.0. The molecular weight excluding hydrogens is 395 g/mol. The van der Waals surface area contributed by atoms with E-state index in [-0.39, 0.29) is 30.2 Å². The lowest BCUT2D eigenvalue weighted by Gasteiger charge is -2.38. The van der Waals surface area contributed by atoms with Gasteiger partial charge in [-0.3, -0.25) is 4.79 Å². The molecule has 0 radical (unpaired) electrons. The van der Waals surface area contributed by atoms with Crippen LogP contribution in [0.2, 0.25) is 0 Å². The standard InChI is InChI=1S/C21H20BrFN2O/c1-12(2)19-10-16-15-5-3-4-6-18(15)24-20(16)21(26)25(19)11-13-7-8-14(22)9-17(13)23/h3-9,12,19,24H,10-11H2,1-2H3. The highest BCUT2D eigenvalue weighted by Crippen LogP contribution is 2.33. The summed E-state index contributed by atoms with van der Waals surface area (Å²) in [7, 11) is 0. The van der Waals surface area contributed by atoms with E-state index < -0.39 is 0 Å². The van der Waals surface area contributed by atoms with Crippen LogP contribution in [0.1, 0.15) is 35.5 Å². The molecular formula is C21H20BrFN2O. The molecule has 4 rings (SSSR count). The fourth-order valence-electron chi connectivity index (χ4n) is 3.83. The Hall–Kier alpha value is -2.14. The second-order valence-electron chi connectivity index (χ2n) is 7.21. The molecule has 5 heteroatoms. The van der Waals surface area contributed by atoms with Crippen LogP contribution < -0.4 is 0 Å². The maximum Gasteiger partial charge on any atom is 0.271 e.